The molecule has 0 aliphatic heterocycles. The van der Waals surface area contributed by atoms with Crippen LogP contribution in [0.25, 0.3) is 11.0 Å². The van der Waals surface area contributed by atoms with Gasteiger partial charge in [-0.3, -0.25) is 0 Å². The summed E-state index contributed by atoms with van der Waals surface area (Å²) >= 11 is 7.62. The number of H-pyrrole nitrogens is 1. The van der Waals surface area contributed by atoms with Crippen LogP contribution in [-0.4, -0.2) is 9.97 Å². The maximum Gasteiger partial charge on any atom is 0.198 e. The lowest BCUT2D eigenvalue weighted by Gasteiger charge is -1.95. The molecule has 0 saturated carbocycles. The zero-order valence-electron chi connectivity index (χ0n) is 6.00. The van der Waals surface area contributed by atoms with E-state index in [1.807, 2.05) is 12.1 Å². The summed E-state index contributed by atoms with van der Waals surface area (Å²) in [4.78, 5) is 7.88. The molecule has 0 saturated heterocycles. The molecular weight excluding hydrogens is 238 g/mol. The summed E-state index contributed by atoms with van der Waals surface area (Å²) in [7, 11) is 0. The lowest BCUT2D eigenvalue weighted by atomic mass is 10.3. The molecule has 2 rings (SSSR count). The third kappa shape index (κ3) is 1.09. The van der Waals surface area contributed by atoms with Crippen LogP contribution >= 0.6 is 28.6 Å². The molecule has 0 bridgehead atoms. The van der Waals surface area contributed by atoms with E-state index in [0.717, 1.165) is 20.4 Å². The van der Waals surface area contributed by atoms with Gasteiger partial charge in [0.1, 0.15) is 5.52 Å². The summed E-state index contributed by atoms with van der Waals surface area (Å²) in [5.74, 6) is 0.421. The number of halogens is 1. The fraction of sp³-hybridized carbons (Fsp3) is 0. The number of thiol groups is 1. The van der Waals surface area contributed by atoms with Crippen molar-refractivity contribution in [1.29, 1.82) is 0 Å². The van der Waals surface area contributed by atoms with Gasteiger partial charge in [0.15, 0.2) is 5.95 Å². The second kappa shape index (κ2) is 2.67. The monoisotopic (exact) mass is 243 g/mol. The average Bonchev–Trinajstić information content (AvgIpc) is 2.39. The second-order valence-electron chi connectivity index (χ2n) is 2.42. The minimum Gasteiger partial charge on any atom is -0.369 e. The molecule has 0 aliphatic carbocycles. The number of nitrogens with zero attached hydrogens (tertiary/aromatic N) is 1. The zero-order valence-corrected chi connectivity index (χ0v) is 8.48. The Hall–Kier alpha value is -0.680. The van der Waals surface area contributed by atoms with Crippen LogP contribution in [-0.2, 0) is 0 Å². The quantitative estimate of drug-likeness (QED) is 0.622. The molecule has 0 atom stereocenters. The fourth-order valence-electron chi connectivity index (χ4n) is 1.05. The summed E-state index contributed by atoms with van der Waals surface area (Å²) in [5, 5.41) is 0. The van der Waals surface area contributed by atoms with Crippen LogP contribution in [0.2, 0.25) is 0 Å². The van der Waals surface area contributed by atoms with E-state index >= 15 is 0 Å². The Balaban J connectivity index is 2.89. The minimum absolute atomic E-state index is 0.421. The summed E-state index contributed by atoms with van der Waals surface area (Å²) in [6.07, 6.45) is 0. The van der Waals surface area contributed by atoms with Gasteiger partial charge in [-0.2, -0.15) is 0 Å². The standard InChI is InChI=1S/C7H6BrN3S/c8-5-4(12)2-1-3-6(5)11-7(9)10-3/h1-2,12H,(H3,9,10,11). The fourth-order valence-corrected chi connectivity index (χ4v) is 1.67. The molecule has 5 heteroatoms. The number of hydrogen-bond acceptors (Lipinski definition) is 3. The number of rotatable bonds is 0. The molecule has 0 amide bonds. The predicted octanol–water partition coefficient (Wildman–Crippen LogP) is 2.20. The van der Waals surface area contributed by atoms with E-state index in [9.17, 15) is 0 Å². The Bertz CT molecular complexity index is 437. The number of nitrogen functional groups attached to an aromatic ring is 1. The molecule has 0 aliphatic rings. The lowest BCUT2D eigenvalue weighted by Crippen LogP contribution is -1.84. The largest absolute Gasteiger partial charge is 0.369 e. The van der Waals surface area contributed by atoms with Gasteiger partial charge in [0.2, 0.25) is 0 Å². The number of fused-ring (bicyclic) bond motifs is 1. The van der Waals surface area contributed by atoms with E-state index in [0.29, 0.717) is 5.95 Å². The highest BCUT2D eigenvalue weighted by molar-refractivity contribution is 9.10. The van der Waals surface area contributed by atoms with E-state index in [1.54, 1.807) is 0 Å². The molecule has 1 aromatic heterocycles. The summed E-state index contributed by atoms with van der Waals surface area (Å²) < 4.78 is 0.872. The molecule has 0 unspecified atom stereocenters. The molecule has 3 N–H and O–H groups in total. The Morgan fingerprint density at radius 1 is 1.50 bits per heavy atom. The Labute approximate surface area is 82.9 Å². The highest BCUT2D eigenvalue weighted by Gasteiger charge is 2.05. The zero-order chi connectivity index (χ0) is 8.72. The van der Waals surface area contributed by atoms with Crippen molar-refractivity contribution in [2.45, 2.75) is 4.90 Å². The number of imidazole rings is 1. The van der Waals surface area contributed by atoms with Crippen molar-refractivity contribution in [2.75, 3.05) is 5.73 Å². The number of anilines is 1. The molecule has 0 radical (unpaired) electrons. The molecular formula is C7H6BrN3S. The predicted molar refractivity (Wildman–Crippen MR) is 55.5 cm³/mol. The maximum atomic E-state index is 5.50. The van der Waals surface area contributed by atoms with Crippen LogP contribution in [0, 0.1) is 0 Å². The van der Waals surface area contributed by atoms with Crippen molar-refractivity contribution in [3.63, 3.8) is 0 Å². The molecule has 12 heavy (non-hydrogen) atoms. The van der Waals surface area contributed by atoms with Gasteiger partial charge in [-0.05, 0) is 28.1 Å². The molecule has 1 aromatic carbocycles. The average molecular weight is 244 g/mol. The summed E-state index contributed by atoms with van der Waals surface area (Å²) in [5.41, 5.74) is 7.23. The van der Waals surface area contributed by atoms with Crippen LogP contribution in [0.3, 0.4) is 0 Å². The van der Waals surface area contributed by atoms with E-state index < -0.39 is 0 Å². The summed E-state index contributed by atoms with van der Waals surface area (Å²) in [6.45, 7) is 0. The van der Waals surface area contributed by atoms with E-state index in [2.05, 4.69) is 38.5 Å². The second-order valence-corrected chi connectivity index (χ2v) is 3.69. The van der Waals surface area contributed by atoms with Crippen LogP contribution in [0.1, 0.15) is 0 Å². The number of nitrogens with two attached hydrogens (primary N) is 1. The van der Waals surface area contributed by atoms with Gasteiger partial charge in [0.05, 0.1) is 9.99 Å². The number of benzene rings is 1. The Morgan fingerprint density at radius 3 is 3.00 bits per heavy atom. The normalized spacial score (nSPS) is 10.8. The van der Waals surface area contributed by atoms with Gasteiger partial charge < -0.3 is 10.7 Å². The molecule has 3 nitrogen and oxygen atoms in total. The number of hydrogen-bond donors (Lipinski definition) is 3. The van der Waals surface area contributed by atoms with E-state index in [4.69, 9.17) is 5.73 Å². The molecule has 0 fully saturated rings. The maximum absolute atomic E-state index is 5.50. The molecule has 62 valence electrons. The first-order valence-electron chi connectivity index (χ1n) is 3.31. The number of aromatic nitrogens is 2. The van der Waals surface area contributed by atoms with Crippen molar-refractivity contribution >= 4 is 45.5 Å². The van der Waals surface area contributed by atoms with Gasteiger partial charge in [-0.25, -0.2) is 4.98 Å². The number of aromatic amines is 1. The van der Waals surface area contributed by atoms with Gasteiger partial charge in [-0.15, -0.1) is 12.6 Å². The molecule has 1 heterocycles. The minimum atomic E-state index is 0.421. The van der Waals surface area contributed by atoms with Crippen LogP contribution in [0.15, 0.2) is 21.5 Å². The smallest absolute Gasteiger partial charge is 0.198 e. The molecule has 0 spiro atoms. The number of nitrogens with one attached hydrogen (secondary N) is 1. The first-order chi connectivity index (χ1) is 5.68. The first-order valence-corrected chi connectivity index (χ1v) is 4.55. The third-order valence-electron chi connectivity index (χ3n) is 1.59. The van der Waals surface area contributed by atoms with E-state index in [-0.39, 0.29) is 0 Å². The van der Waals surface area contributed by atoms with Crippen LogP contribution in [0.5, 0.6) is 0 Å². The van der Waals surface area contributed by atoms with Crippen molar-refractivity contribution < 1.29 is 0 Å². The van der Waals surface area contributed by atoms with Gasteiger partial charge in [0.25, 0.3) is 0 Å². The Morgan fingerprint density at radius 2 is 2.25 bits per heavy atom. The van der Waals surface area contributed by atoms with E-state index in [1.165, 1.54) is 0 Å². The summed E-state index contributed by atoms with van der Waals surface area (Å²) in [6, 6.07) is 3.78. The Kier molecular flexibility index (Phi) is 1.77. The van der Waals surface area contributed by atoms with Crippen molar-refractivity contribution in [1.82, 2.24) is 9.97 Å². The van der Waals surface area contributed by atoms with Crippen LogP contribution in [0.4, 0.5) is 5.95 Å². The first kappa shape index (κ1) is 7.94. The van der Waals surface area contributed by atoms with Gasteiger partial charge >= 0.3 is 0 Å². The topological polar surface area (TPSA) is 54.7 Å². The van der Waals surface area contributed by atoms with Crippen molar-refractivity contribution in [3.8, 4) is 0 Å². The van der Waals surface area contributed by atoms with Gasteiger partial charge in [-0.1, -0.05) is 0 Å². The SMILES string of the molecule is Nc1nc2c(Br)c(S)ccc2[nH]1. The van der Waals surface area contributed by atoms with Crippen molar-refractivity contribution in [3.05, 3.63) is 16.6 Å². The van der Waals surface area contributed by atoms with Gasteiger partial charge in [0, 0.05) is 4.90 Å². The highest BCUT2D eigenvalue weighted by Crippen LogP contribution is 2.28. The lowest BCUT2D eigenvalue weighted by molar-refractivity contribution is 1.35. The molecule has 2 aromatic rings. The van der Waals surface area contributed by atoms with Crippen LogP contribution < -0.4 is 5.73 Å². The van der Waals surface area contributed by atoms with Crippen molar-refractivity contribution in [2.24, 2.45) is 0 Å². The highest BCUT2D eigenvalue weighted by atomic mass is 79.9. The third-order valence-corrected chi connectivity index (χ3v) is 3.07.